The Morgan fingerprint density at radius 2 is 2.36 bits per heavy atom. The molecule has 3 N–H and O–H groups in total. The predicted molar refractivity (Wildman–Crippen MR) is 39.6 cm³/mol. The molecule has 2 amide bonds. The van der Waals surface area contributed by atoms with Gasteiger partial charge in [0.1, 0.15) is 0 Å². The highest BCUT2D eigenvalue weighted by Gasteiger charge is 2.20. The fourth-order valence-corrected chi connectivity index (χ4v) is 1.41. The lowest BCUT2D eigenvalue weighted by Gasteiger charge is -2.03. The molecule has 1 rings (SSSR count). The topological polar surface area (TPSA) is 83.6 Å². The summed E-state index contributed by atoms with van der Waals surface area (Å²) in [7, 11) is 0. The molecule has 0 bridgehead atoms. The van der Waals surface area contributed by atoms with E-state index in [0.717, 1.165) is 16.7 Å². The molecule has 0 fully saturated rings. The average molecular weight is 174 g/mol. The summed E-state index contributed by atoms with van der Waals surface area (Å²) < 4.78 is 0. The van der Waals surface area contributed by atoms with Crippen LogP contribution in [0.4, 0.5) is 4.79 Å². The summed E-state index contributed by atoms with van der Waals surface area (Å²) in [5.41, 5.74) is 4.91. The van der Waals surface area contributed by atoms with Crippen LogP contribution >= 0.6 is 11.8 Å². The molecule has 1 heterocycles. The monoisotopic (exact) mass is 174 g/mol. The Bertz CT molecular complexity index is 238. The van der Waals surface area contributed by atoms with Crippen LogP contribution in [0.15, 0.2) is 11.1 Å². The van der Waals surface area contributed by atoms with Crippen molar-refractivity contribution >= 4 is 23.8 Å². The maximum absolute atomic E-state index is 10.5. The third-order valence-electron chi connectivity index (χ3n) is 1.12. The second-order valence-electron chi connectivity index (χ2n) is 1.88. The fraction of sp³-hybridized carbons (Fsp3) is 0.200. The van der Waals surface area contributed by atoms with Crippen molar-refractivity contribution in [1.82, 2.24) is 4.90 Å². The Hall–Kier alpha value is -1.17. The Kier molecular flexibility index (Phi) is 2.04. The number of rotatable bonds is 1. The van der Waals surface area contributed by atoms with Crippen LogP contribution in [0.2, 0.25) is 0 Å². The predicted octanol–water partition coefficient (Wildman–Crippen LogP) is -0.00260. The largest absolute Gasteiger partial charge is 0.465 e. The molecule has 0 aliphatic carbocycles. The molecule has 0 aromatic carbocycles. The lowest BCUT2D eigenvalue weighted by molar-refractivity contribution is -0.113. The molecule has 1 aliphatic rings. The van der Waals surface area contributed by atoms with Crippen LogP contribution in [0, 0.1) is 0 Å². The number of nitrogens with two attached hydrogens (primary N) is 1. The van der Waals surface area contributed by atoms with Gasteiger partial charge < -0.3 is 10.8 Å². The van der Waals surface area contributed by atoms with Crippen LogP contribution in [0.3, 0.4) is 0 Å². The SMILES string of the molecule is NC(=O)C1=CN(C(=O)O)CS1. The second kappa shape index (κ2) is 2.83. The molecule has 0 aromatic heterocycles. The minimum absolute atomic E-state index is 0.244. The van der Waals surface area contributed by atoms with Crippen molar-refractivity contribution in [3.05, 3.63) is 11.1 Å². The van der Waals surface area contributed by atoms with E-state index in [0.29, 0.717) is 0 Å². The number of hydrogen-bond acceptors (Lipinski definition) is 3. The molecule has 60 valence electrons. The van der Waals surface area contributed by atoms with Crippen molar-refractivity contribution in [2.75, 3.05) is 5.88 Å². The molecule has 11 heavy (non-hydrogen) atoms. The fourth-order valence-electron chi connectivity index (χ4n) is 0.600. The number of primary amides is 1. The van der Waals surface area contributed by atoms with Crippen molar-refractivity contribution in [3.63, 3.8) is 0 Å². The van der Waals surface area contributed by atoms with E-state index in [2.05, 4.69) is 0 Å². The molecule has 0 atom stereocenters. The van der Waals surface area contributed by atoms with E-state index in [4.69, 9.17) is 10.8 Å². The molecule has 6 heteroatoms. The first kappa shape index (κ1) is 7.93. The van der Waals surface area contributed by atoms with Gasteiger partial charge in [-0.3, -0.25) is 9.69 Å². The lowest BCUT2D eigenvalue weighted by atomic mass is 10.5. The van der Waals surface area contributed by atoms with Crippen LogP contribution in [0.25, 0.3) is 0 Å². The number of carbonyl (C=O) groups is 2. The van der Waals surface area contributed by atoms with Crippen LogP contribution in [0.1, 0.15) is 0 Å². The molecule has 0 radical (unpaired) electrons. The van der Waals surface area contributed by atoms with Crippen molar-refractivity contribution in [3.8, 4) is 0 Å². The standard InChI is InChI=1S/C5H6N2O3S/c6-4(8)3-1-7(2-11-3)5(9)10/h1H,2H2,(H2,6,8)(H,9,10). The van der Waals surface area contributed by atoms with E-state index in [9.17, 15) is 9.59 Å². The summed E-state index contributed by atoms with van der Waals surface area (Å²) >= 11 is 1.12. The van der Waals surface area contributed by atoms with E-state index in [1.54, 1.807) is 0 Å². The lowest BCUT2D eigenvalue weighted by Crippen LogP contribution is -2.20. The van der Waals surface area contributed by atoms with Crippen molar-refractivity contribution < 1.29 is 14.7 Å². The summed E-state index contributed by atoms with van der Waals surface area (Å²) in [6, 6.07) is 0. The molecule has 1 aliphatic heterocycles. The van der Waals surface area contributed by atoms with Gasteiger partial charge in [0, 0.05) is 6.20 Å². The third kappa shape index (κ3) is 1.64. The summed E-state index contributed by atoms with van der Waals surface area (Å²) in [4.78, 5) is 22.1. The summed E-state index contributed by atoms with van der Waals surface area (Å²) in [5, 5.41) is 8.43. The minimum atomic E-state index is -1.08. The maximum Gasteiger partial charge on any atom is 0.412 e. The number of carboxylic acid groups (broad SMARTS) is 1. The van der Waals surface area contributed by atoms with E-state index >= 15 is 0 Å². The number of amides is 2. The van der Waals surface area contributed by atoms with Crippen LogP contribution < -0.4 is 5.73 Å². The Balaban J connectivity index is 2.68. The van der Waals surface area contributed by atoms with Gasteiger partial charge in [-0.1, -0.05) is 11.8 Å². The smallest absolute Gasteiger partial charge is 0.412 e. The maximum atomic E-state index is 10.5. The van der Waals surface area contributed by atoms with Gasteiger partial charge in [0.05, 0.1) is 10.8 Å². The quantitative estimate of drug-likeness (QED) is 0.586. The van der Waals surface area contributed by atoms with E-state index in [-0.39, 0.29) is 10.8 Å². The van der Waals surface area contributed by atoms with E-state index in [1.165, 1.54) is 6.20 Å². The zero-order chi connectivity index (χ0) is 8.43. The first-order chi connectivity index (χ1) is 5.11. The second-order valence-corrected chi connectivity index (χ2v) is 2.87. The number of hydrogen-bond donors (Lipinski definition) is 2. The zero-order valence-corrected chi connectivity index (χ0v) is 6.30. The molecular formula is C5H6N2O3S. The van der Waals surface area contributed by atoms with Gasteiger partial charge in [-0.2, -0.15) is 0 Å². The van der Waals surface area contributed by atoms with E-state index < -0.39 is 12.0 Å². The third-order valence-corrected chi connectivity index (χ3v) is 2.15. The van der Waals surface area contributed by atoms with Gasteiger partial charge >= 0.3 is 6.09 Å². The van der Waals surface area contributed by atoms with Crippen LogP contribution in [0.5, 0.6) is 0 Å². The number of carbonyl (C=O) groups excluding carboxylic acids is 1. The minimum Gasteiger partial charge on any atom is -0.465 e. The summed E-state index contributed by atoms with van der Waals surface area (Å²) in [5.74, 6) is -0.341. The Labute approximate surface area is 66.8 Å². The van der Waals surface area contributed by atoms with Gasteiger partial charge in [-0.05, 0) is 0 Å². The molecular weight excluding hydrogens is 168 g/mol. The average Bonchev–Trinajstić information content (AvgIpc) is 2.33. The molecule has 5 nitrogen and oxygen atoms in total. The first-order valence-corrected chi connectivity index (χ1v) is 3.74. The van der Waals surface area contributed by atoms with Crippen molar-refractivity contribution in [2.24, 2.45) is 5.73 Å². The zero-order valence-electron chi connectivity index (χ0n) is 5.48. The normalized spacial score (nSPS) is 16.4. The Morgan fingerprint density at radius 1 is 1.73 bits per heavy atom. The molecule has 0 aromatic rings. The van der Waals surface area contributed by atoms with Crippen LogP contribution in [-0.4, -0.2) is 27.9 Å². The summed E-state index contributed by atoms with van der Waals surface area (Å²) in [6.07, 6.45) is 0.156. The highest BCUT2D eigenvalue weighted by atomic mass is 32.2. The van der Waals surface area contributed by atoms with Gasteiger partial charge in [0.2, 0.25) is 0 Å². The molecule has 0 saturated carbocycles. The van der Waals surface area contributed by atoms with Crippen molar-refractivity contribution in [2.45, 2.75) is 0 Å². The van der Waals surface area contributed by atoms with Crippen LogP contribution in [-0.2, 0) is 4.79 Å². The highest BCUT2D eigenvalue weighted by Crippen LogP contribution is 2.24. The highest BCUT2D eigenvalue weighted by molar-refractivity contribution is 8.04. The number of nitrogens with zero attached hydrogens (tertiary/aromatic N) is 1. The molecule has 0 spiro atoms. The van der Waals surface area contributed by atoms with E-state index in [1.807, 2.05) is 0 Å². The first-order valence-electron chi connectivity index (χ1n) is 2.75. The van der Waals surface area contributed by atoms with Gasteiger partial charge in [-0.25, -0.2) is 4.79 Å². The van der Waals surface area contributed by atoms with Gasteiger partial charge in [0.25, 0.3) is 5.91 Å². The van der Waals surface area contributed by atoms with Crippen molar-refractivity contribution in [1.29, 1.82) is 0 Å². The number of thioether (sulfide) groups is 1. The summed E-state index contributed by atoms with van der Waals surface area (Å²) in [6.45, 7) is 0. The van der Waals surface area contributed by atoms with Gasteiger partial charge in [0.15, 0.2) is 0 Å². The van der Waals surface area contributed by atoms with Gasteiger partial charge in [-0.15, -0.1) is 0 Å². The molecule has 0 unspecified atom stereocenters. The molecule has 0 saturated heterocycles. The Morgan fingerprint density at radius 3 is 2.64 bits per heavy atom.